The zero-order valence-electron chi connectivity index (χ0n) is 19.2. The van der Waals surface area contributed by atoms with Gasteiger partial charge in [-0.05, 0) is 31.5 Å². The summed E-state index contributed by atoms with van der Waals surface area (Å²) in [7, 11) is 0. The van der Waals surface area contributed by atoms with Crippen LogP contribution in [0.2, 0.25) is 0 Å². The lowest BCUT2D eigenvalue weighted by Crippen LogP contribution is -2.48. The minimum absolute atomic E-state index is 0.0113. The summed E-state index contributed by atoms with van der Waals surface area (Å²) in [4.78, 5) is 30.0. The standard InChI is InChI=1S/C24H28N8O/c1-4-32-22-21(15-26-32)28-24(31-11-9-30(10-12-31)17(3)33)29-23(22)27-16(2)19-13-18-7-5-6-8-20(18)25-14-19/h5-8,13-16H,4,9-12H2,1-3H3,(H,27,28,29)/t16-/m1/s1. The summed E-state index contributed by atoms with van der Waals surface area (Å²) in [6, 6.07) is 10.3. The lowest BCUT2D eigenvalue weighted by Gasteiger charge is -2.34. The number of fused-ring (bicyclic) bond motifs is 2. The highest BCUT2D eigenvalue weighted by Gasteiger charge is 2.23. The molecule has 4 heterocycles. The Labute approximate surface area is 192 Å². The number of benzene rings is 1. The third-order valence-electron chi connectivity index (χ3n) is 6.25. The molecule has 33 heavy (non-hydrogen) atoms. The summed E-state index contributed by atoms with van der Waals surface area (Å²) < 4.78 is 1.92. The lowest BCUT2D eigenvalue weighted by molar-refractivity contribution is -0.129. The minimum Gasteiger partial charge on any atom is -0.362 e. The van der Waals surface area contributed by atoms with Crippen molar-refractivity contribution in [1.29, 1.82) is 0 Å². The molecule has 1 atom stereocenters. The highest BCUT2D eigenvalue weighted by Crippen LogP contribution is 2.28. The highest BCUT2D eigenvalue weighted by atomic mass is 16.2. The molecule has 9 heteroatoms. The maximum Gasteiger partial charge on any atom is 0.228 e. The van der Waals surface area contributed by atoms with Crippen LogP contribution in [0.4, 0.5) is 11.8 Å². The number of pyridine rings is 1. The van der Waals surface area contributed by atoms with E-state index in [1.54, 1.807) is 13.1 Å². The van der Waals surface area contributed by atoms with E-state index in [-0.39, 0.29) is 11.9 Å². The number of aryl methyl sites for hydroxylation is 1. The molecule has 1 fully saturated rings. The fourth-order valence-corrected chi connectivity index (χ4v) is 4.30. The average molecular weight is 445 g/mol. The molecule has 3 aromatic heterocycles. The van der Waals surface area contributed by atoms with Gasteiger partial charge in [0.15, 0.2) is 5.82 Å². The number of anilines is 2. The van der Waals surface area contributed by atoms with Crippen molar-refractivity contribution < 1.29 is 4.79 Å². The number of nitrogens with zero attached hydrogens (tertiary/aromatic N) is 7. The molecular formula is C24H28N8O. The first-order valence-corrected chi connectivity index (χ1v) is 11.4. The van der Waals surface area contributed by atoms with Crippen molar-refractivity contribution in [3.05, 3.63) is 48.3 Å². The number of aromatic nitrogens is 5. The molecule has 0 spiro atoms. The summed E-state index contributed by atoms with van der Waals surface area (Å²) in [5, 5.41) is 9.21. The Balaban J connectivity index is 1.47. The Morgan fingerprint density at radius 1 is 1.09 bits per heavy atom. The van der Waals surface area contributed by atoms with Gasteiger partial charge < -0.3 is 15.1 Å². The lowest BCUT2D eigenvalue weighted by atomic mass is 10.1. The molecule has 1 aromatic carbocycles. The average Bonchev–Trinajstić information content (AvgIpc) is 3.27. The number of para-hydroxylation sites is 1. The molecule has 4 aromatic rings. The van der Waals surface area contributed by atoms with Gasteiger partial charge in [-0.1, -0.05) is 18.2 Å². The van der Waals surface area contributed by atoms with Crippen LogP contribution in [-0.2, 0) is 11.3 Å². The van der Waals surface area contributed by atoms with Crippen LogP contribution in [0.15, 0.2) is 42.7 Å². The fraction of sp³-hybridized carbons (Fsp3) is 0.375. The van der Waals surface area contributed by atoms with Gasteiger partial charge in [-0.15, -0.1) is 0 Å². The van der Waals surface area contributed by atoms with Crippen LogP contribution in [-0.4, -0.2) is 61.7 Å². The number of carbonyl (C=O) groups excluding carboxylic acids is 1. The Kier molecular flexibility index (Phi) is 5.53. The van der Waals surface area contributed by atoms with Crippen LogP contribution in [0.25, 0.3) is 21.9 Å². The Bertz CT molecular complexity index is 1310. The summed E-state index contributed by atoms with van der Waals surface area (Å²) in [6.07, 6.45) is 3.71. The van der Waals surface area contributed by atoms with Crippen LogP contribution in [0.5, 0.6) is 0 Å². The molecule has 0 radical (unpaired) electrons. The van der Waals surface area contributed by atoms with Crippen molar-refractivity contribution in [1.82, 2.24) is 29.6 Å². The molecule has 1 aliphatic rings. The molecule has 1 N–H and O–H groups in total. The molecule has 0 aliphatic carbocycles. The van der Waals surface area contributed by atoms with Crippen molar-refractivity contribution in [2.75, 3.05) is 36.4 Å². The van der Waals surface area contributed by atoms with Gasteiger partial charge in [-0.25, -0.2) is 4.98 Å². The van der Waals surface area contributed by atoms with Gasteiger partial charge >= 0.3 is 0 Å². The van der Waals surface area contributed by atoms with Crippen molar-refractivity contribution in [2.24, 2.45) is 0 Å². The van der Waals surface area contributed by atoms with E-state index in [4.69, 9.17) is 9.97 Å². The van der Waals surface area contributed by atoms with E-state index in [9.17, 15) is 4.79 Å². The van der Waals surface area contributed by atoms with Gasteiger partial charge in [0.1, 0.15) is 11.0 Å². The molecule has 0 saturated carbocycles. The molecule has 1 saturated heterocycles. The quantitative estimate of drug-likeness (QED) is 0.505. The van der Waals surface area contributed by atoms with Crippen LogP contribution in [0.1, 0.15) is 32.4 Å². The maximum absolute atomic E-state index is 11.7. The Morgan fingerprint density at radius 2 is 1.88 bits per heavy atom. The summed E-state index contributed by atoms with van der Waals surface area (Å²) in [5.74, 6) is 1.52. The number of hydrogen-bond acceptors (Lipinski definition) is 7. The Morgan fingerprint density at radius 3 is 2.64 bits per heavy atom. The van der Waals surface area contributed by atoms with E-state index in [1.165, 1.54) is 0 Å². The summed E-state index contributed by atoms with van der Waals surface area (Å²) in [6.45, 7) is 9.26. The van der Waals surface area contributed by atoms with E-state index in [2.05, 4.69) is 46.3 Å². The molecular weight excluding hydrogens is 416 g/mol. The van der Waals surface area contributed by atoms with Crippen LogP contribution < -0.4 is 10.2 Å². The molecule has 9 nitrogen and oxygen atoms in total. The third kappa shape index (κ3) is 4.06. The predicted molar refractivity (Wildman–Crippen MR) is 129 cm³/mol. The van der Waals surface area contributed by atoms with Crippen LogP contribution >= 0.6 is 0 Å². The largest absolute Gasteiger partial charge is 0.362 e. The predicted octanol–water partition coefficient (Wildman–Crippen LogP) is 3.24. The Hall–Kier alpha value is -3.75. The first-order chi connectivity index (χ1) is 16.0. The number of carbonyl (C=O) groups is 1. The number of hydrogen-bond donors (Lipinski definition) is 1. The van der Waals surface area contributed by atoms with Gasteiger partial charge in [0, 0.05) is 51.2 Å². The second-order valence-electron chi connectivity index (χ2n) is 8.39. The van der Waals surface area contributed by atoms with Crippen molar-refractivity contribution >= 4 is 39.6 Å². The van der Waals surface area contributed by atoms with Crippen molar-refractivity contribution in [3.63, 3.8) is 0 Å². The number of nitrogens with one attached hydrogen (secondary N) is 1. The normalized spacial score (nSPS) is 15.2. The van der Waals surface area contributed by atoms with Crippen molar-refractivity contribution in [3.8, 4) is 0 Å². The highest BCUT2D eigenvalue weighted by molar-refractivity contribution is 5.87. The van der Waals surface area contributed by atoms with E-state index in [1.807, 2.05) is 34.0 Å². The topological polar surface area (TPSA) is 92.1 Å². The van der Waals surface area contributed by atoms with Gasteiger partial charge in [0.2, 0.25) is 11.9 Å². The maximum atomic E-state index is 11.7. The van der Waals surface area contributed by atoms with Crippen LogP contribution in [0.3, 0.4) is 0 Å². The second kappa shape index (κ2) is 8.65. The molecule has 170 valence electrons. The van der Waals surface area contributed by atoms with E-state index >= 15 is 0 Å². The smallest absolute Gasteiger partial charge is 0.228 e. The third-order valence-corrected chi connectivity index (χ3v) is 6.25. The first kappa shape index (κ1) is 21.1. The van der Waals surface area contributed by atoms with Crippen LogP contribution in [0, 0.1) is 0 Å². The SMILES string of the molecule is CCn1ncc2nc(N3CCN(C(C)=O)CC3)nc(N[C@H](C)c3cnc4ccccc4c3)c21. The van der Waals surface area contributed by atoms with Gasteiger partial charge in [0.05, 0.1) is 17.8 Å². The zero-order chi connectivity index (χ0) is 22.9. The number of amides is 1. The number of rotatable bonds is 5. The summed E-state index contributed by atoms with van der Waals surface area (Å²) >= 11 is 0. The van der Waals surface area contributed by atoms with Crippen molar-refractivity contribution in [2.45, 2.75) is 33.4 Å². The summed E-state index contributed by atoms with van der Waals surface area (Å²) in [5.41, 5.74) is 3.76. The van der Waals surface area contributed by atoms with E-state index < -0.39 is 0 Å². The van der Waals surface area contributed by atoms with E-state index in [0.717, 1.165) is 39.9 Å². The first-order valence-electron chi connectivity index (χ1n) is 11.4. The second-order valence-corrected chi connectivity index (χ2v) is 8.39. The van der Waals surface area contributed by atoms with Gasteiger partial charge in [-0.3, -0.25) is 14.5 Å². The molecule has 1 aliphatic heterocycles. The molecule has 1 amide bonds. The van der Waals surface area contributed by atoms with E-state index in [0.29, 0.717) is 32.1 Å². The monoisotopic (exact) mass is 444 g/mol. The minimum atomic E-state index is -0.0113. The molecule has 5 rings (SSSR count). The molecule has 0 unspecified atom stereocenters. The molecule has 0 bridgehead atoms. The number of piperazine rings is 1. The fourth-order valence-electron chi connectivity index (χ4n) is 4.30. The van der Waals surface area contributed by atoms with Gasteiger partial charge in [0.25, 0.3) is 0 Å². The van der Waals surface area contributed by atoms with Gasteiger partial charge in [-0.2, -0.15) is 10.1 Å². The zero-order valence-corrected chi connectivity index (χ0v) is 19.2.